The summed E-state index contributed by atoms with van der Waals surface area (Å²) >= 11 is 1.94. The highest BCUT2D eigenvalue weighted by Crippen LogP contribution is 2.24. The summed E-state index contributed by atoms with van der Waals surface area (Å²) in [5.41, 5.74) is 0.0573. The molecule has 0 heterocycles. The number of nitrogens with zero attached hydrogens (tertiary/aromatic N) is 2. The molecular formula is C14H18FIN2O. The zero-order chi connectivity index (χ0) is 14.3. The Hall–Kier alpha value is -0.870. The van der Waals surface area contributed by atoms with Crippen molar-refractivity contribution in [1.82, 2.24) is 4.90 Å². The number of halogens is 2. The van der Waals surface area contributed by atoms with Crippen LogP contribution in [0.2, 0.25) is 0 Å². The van der Waals surface area contributed by atoms with E-state index < -0.39 is 5.82 Å². The van der Waals surface area contributed by atoms with Gasteiger partial charge in [-0.1, -0.05) is 13.8 Å². The summed E-state index contributed by atoms with van der Waals surface area (Å²) in [5, 5.41) is 8.87. The highest BCUT2D eigenvalue weighted by atomic mass is 127. The second-order valence-corrected chi connectivity index (χ2v) is 5.24. The van der Waals surface area contributed by atoms with E-state index in [2.05, 4.69) is 18.7 Å². The lowest BCUT2D eigenvalue weighted by molar-refractivity contribution is 0.243. The van der Waals surface area contributed by atoms with Gasteiger partial charge in [-0.3, -0.25) is 0 Å². The van der Waals surface area contributed by atoms with Crippen LogP contribution in [-0.4, -0.2) is 31.1 Å². The van der Waals surface area contributed by atoms with Crippen LogP contribution in [0.25, 0.3) is 0 Å². The molecule has 0 bridgehead atoms. The molecule has 0 N–H and O–H groups in total. The molecule has 1 rings (SSSR count). The van der Waals surface area contributed by atoms with Crippen LogP contribution in [0, 0.1) is 20.7 Å². The number of rotatable bonds is 7. The van der Waals surface area contributed by atoms with E-state index in [1.807, 2.05) is 28.7 Å². The van der Waals surface area contributed by atoms with E-state index in [-0.39, 0.29) is 11.3 Å². The lowest BCUT2D eigenvalue weighted by Crippen LogP contribution is -2.25. The first-order chi connectivity index (χ1) is 9.13. The van der Waals surface area contributed by atoms with Gasteiger partial charge in [0.15, 0.2) is 11.6 Å². The molecule has 0 aliphatic carbocycles. The first-order valence-electron chi connectivity index (χ1n) is 6.37. The fourth-order valence-electron chi connectivity index (χ4n) is 1.76. The molecule has 0 unspecified atom stereocenters. The smallest absolute Gasteiger partial charge is 0.183 e. The van der Waals surface area contributed by atoms with Crippen LogP contribution in [0.1, 0.15) is 25.8 Å². The molecule has 3 nitrogen and oxygen atoms in total. The zero-order valence-electron chi connectivity index (χ0n) is 11.2. The van der Waals surface area contributed by atoms with Crippen LogP contribution < -0.4 is 4.74 Å². The molecule has 0 aromatic heterocycles. The van der Waals surface area contributed by atoms with Gasteiger partial charge in [0.25, 0.3) is 0 Å². The Bertz CT molecular complexity index is 455. The van der Waals surface area contributed by atoms with Crippen LogP contribution in [0.3, 0.4) is 0 Å². The third kappa shape index (κ3) is 4.62. The average molecular weight is 376 g/mol. The van der Waals surface area contributed by atoms with Crippen molar-refractivity contribution in [1.29, 1.82) is 5.26 Å². The fourth-order valence-corrected chi connectivity index (χ4v) is 2.29. The molecular weight excluding hydrogens is 358 g/mol. The minimum absolute atomic E-state index is 0.0573. The predicted molar refractivity (Wildman–Crippen MR) is 81.7 cm³/mol. The third-order valence-electron chi connectivity index (χ3n) is 2.94. The summed E-state index contributed by atoms with van der Waals surface area (Å²) in [4.78, 5) is 2.29. The van der Waals surface area contributed by atoms with E-state index in [9.17, 15) is 4.39 Å². The second-order valence-electron chi connectivity index (χ2n) is 4.08. The Morgan fingerprint density at radius 1 is 1.37 bits per heavy atom. The monoisotopic (exact) mass is 376 g/mol. The Kier molecular flexibility index (Phi) is 7.10. The van der Waals surface area contributed by atoms with Gasteiger partial charge < -0.3 is 9.64 Å². The van der Waals surface area contributed by atoms with E-state index in [0.717, 1.165) is 26.1 Å². The topological polar surface area (TPSA) is 36.3 Å². The number of benzene rings is 1. The van der Waals surface area contributed by atoms with E-state index in [4.69, 9.17) is 10.00 Å². The van der Waals surface area contributed by atoms with Crippen LogP contribution >= 0.6 is 22.6 Å². The Morgan fingerprint density at radius 3 is 2.63 bits per heavy atom. The van der Waals surface area contributed by atoms with Crippen molar-refractivity contribution in [3.05, 3.63) is 27.1 Å². The van der Waals surface area contributed by atoms with Gasteiger partial charge in [0.2, 0.25) is 0 Å². The van der Waals surface area contributed by atoms with Gasteiger partial charge in [-0.05, 0) is 54.2 Å². The number of hydrogen-bond acceptors (Lipinski definition) is 3. The van der Waals surface area contributed by atoms with E-state index in [1.165, 1.54) is 0 Å². The SMILES string of the molecule is CCN(CC)CCCOc1ccc(I)c(C#N)c1F. The average Bonchev–Trinajstić information content (AvgIpc) is 2.42. The van der Waals surface area contributed by atoms with Gasteiger partial charge in [-0.15, -0.1) is 0 Å². The van der Waals surface area contributed by atoms with Gasteiger partial charge >= 0.3 is 0 Å². The Balaban J connectivity index is 2.53. The molecule has 0 amide bonds. The maximum Gasteiger partial charge on any atom is 0.183 e. The lowest BCUT2D eigenvalue weighted by Gasteiger charge is -2.17. The predicted octanol–water partition coefficient (Wildman–Crippen LogP) is 3.41. The van der Waals surface area contributed by atoms with Crippen LogP contribution in [0.15, 0.2) is 12.1 Å². The highest BCUT2D eigenvalue weighted by molar-refractivity contribution is 14.1. The Morgan fingerprint density at radius 2 is 2.05 bits per heavy atom. The van der Waals surface area contributed by atoms with Crippen molar-refractivity contribution in [2.75, 3.05) is 26.2 Å². The quantitative estimate of drug-likeness (QED) is 0.541. The summed E-state index contributed by atoms with van der Waals surface area (Å²) in [6, 6.07) is 5.14. The third-order valence-corrected chi connectivity index (χ3v) is 3.84. The molecule has 5 heteroatoms. The van der Waals surface area contributed by atoms with Crippen LogP contribution in [0.5, 0.6) is 5.75 Å². The van der Waals surface area contributed by atoms with Crippen molar-refractivity contribution in [2.45, 2.75) is 20.3 Å². The zero-order valence-corrected chi connectivity index (χ0v) is 13.4. The fraction of sp³-hybridized carbons (Fsp3) is 0.500. The van der Waals surface area contributed by atoms with Crippen molar-refractivity contribution in [3.63, 3.8) is 0 Å². The van der Waals surface area contributed by atoms with Gasteiger partial charge in [-0.2, -0.15) is 5.26 Å². The minimum atomic E-state index is -0.558. The molecule has 0 fully saturated rings. The maximum atomic E-state index is 13.9. The second kappa shape index (κ2) is 8.33. The normalized spacial score (nSPS) is 10.5. The van der Waals surface area contributed by atoms with Gasteiger partial charge in [0, 0.05) is 10.1 Å². The Labute approximate surface area is 127 Å². The summed E-state index contributed by atoms with van der Waals surface area (Å²) in [7, 11) is 0. The molecule has 1 aromatic carbocycles. The molecule has 0 spiro atoms. The van der Waals surface area contributed by atoms with Gasteiger partial charge in [0.1, 0.15) is 11.6 Å². The molecule has 104 valence electrons. The molecule has 1 aromatic rings. The van der Waals surface area contributed by atoms with Crippen LogP contribution in [-0.2, 0) is 0 Å². The minimum Gasteiger partial charge on any atom is -0.490 e. The van der Waals surface area contributed by atoms with Crippen molar-refractivity contribution in [2.24, 2.45) is 0 Å². The summed E-state index contributed by atoms with van der Waals surface area (Å²) < 4.78 is 19.9. The highest BCUT2D eigenvalue weighted by Gasteiger charge is 2.12. The molecule has 0 atom stereocenters. The molecule has 0 aliphatic rings. The first-order valence-corrected chi connectivity index (χ1v) is 7.45. The van der Waals surface area contributed by atoms with Crippen molar-refractivity contribution in [3.8, 4) is 11.8 Å². The lowest BCUT2D eigenvalue weighted by atomic mass is 10.2. The standard InChI is InChI=1S/C14H18FIN2O/c1-3-18(4-2)8-5-9-19-13-7-6-12(16)11(10-17)14(13)15/h6-7H,3-5,8-9H2,1-2H3. The molecule has 0 saturated heterocycles. The molecule has 0 radical (unpaired) electrons. The van der Waals surface area contributed by atoms with Gasteiger partial charge in [-0.25, -0.2) is 4.39 Å². The van der Waals surface area contributed by atoms with Crippen LogP contribution in [0.4, 0.5) is 4.39 Å². The summed E-state index contributed by atoms with van der Waals surface area (Å²) in [6.07, 6.45) is 0.842. The summed E-state index contributed by atoms with van der Waals surface area (Å²) in [6.45, 7) is 7.63. The number of hydrogen-bond donors (Lipinski definition) is 0. The maximum absolute atomic E-state index is 13.9. The van der Waals surface area contributed by atoms with E-state index in [0.29, 0.717) is 10.2 Å². The van der Waals surface area contributed by atoms with E-state index in [1.54, 1.807) is 12.1 Å². The molecule has 0 aliphatic heterocycles. The van der Waals surface area contributed by atoms with Crippen molar-refractivity contribution < 1.29 is 9.13 Å². The van der Waals surface area contributed by atoms with Crippen molar-refractivity contribution >= 4 is 22.6 Å². The van der Waals surface area contributed by atoms with E-state index >= 15 is 0 Å². The molecule has 19 heavy (non-hydrogen) atoms. The summed E-state index contributed by atoms with van der Waals surface area (Å²) in [5.74, 6) is -0.395. The number of ether oxygens (including phenoxy) is 1. The largest absolute Gasteiger partial charge is 0.490 e. The first kappa shape index (κ1) is 16.2. The number of nitriles is 1. The molecule has 0 saturated carbocycles. The van der Waals surface area contributed by atoms with Gasteiger partial charge in [0.05, 0.1) is 6.61 Å².